The second-order valence-corrected chi connectivity index (χ2v) is 9.53. The Kier molecular flexibility index (Phi) is 5.72. The number of amides is 1. The number of hydrogen-bond acceptors (Lipinski definition) is 5. The summed E-state index contributed by atoms with van der Waals surface area (Å²) in [5.74, 6) is -0.298. The second kappa shape index (κ2) is 7.32. The lowest BCUT2D eigenvalue weighted by Gasteiger charge is -2.32. The predicted molar refractivity (Wildman–Crippen MR) is 97.2 cm³/mol. The van der Waals surface area contributed by atoms with Crippen LogP contribution in [0.3, 0.4) is 0 Å². The summed E-state index contributed by atoms with van der Waals surface area (Å²) >= 11 is 0. The highest BCUT2D eigenvalue weighted by molar-refractivity contribution is 7.89. The number of nitro groups is 1. The zero-order chi connectivity index (χ0) is 19.7. The van der Waals surface area contributed by atoms with E-state index in [1.807, 2.05) is 20.8 Å². The summed E-state index contributed by atoms with van der Waals surface area (Å²) in [5.41, 5.74) is -0.128. The maximum absolute atomic E-state index is 12.9. The number of sulfonamides is 1. The van der Waals surface area contributed by atoms with Gasteiger partial charge < -0.3 is 5.32 Å². The first-order valence-electron chi connectivity index (χ1n) is 8.49. The van der Waals surface area contributed by atoms with Gasteiger partial charge in [0.05, 0.1) is 9.82 Å². The van der Waals surface area contributed by atoms with E-state index in [2.05, 4.69) is 5.32 Å². The van der Waals surface area contributed by atoms with Crippen molar-refractivity contribution in [3.63, 3.8) is 0 Å². The number of rotatable bonds is 4. The summed E-state index contributed by atoms with van der Waals surface area (Å²) < 4.78 is 27.1. The highest BCUT2D eigenvalue weighted by Gasteiger charge is 2.34. The van der Waals surface area contributed by atoms with Gasteiger partial charge in [0.25, 0.3) is 5.69 Å². The van der Waals surface area contributed by atoms with E-state index in [1.165, 1.54) is 16.4 Å². The number of aryl methyl sites for hydroxylation is 1. The molecule has 144 valence electrons. The molecule has 26 heavy (non-hydrogen) atoms. The van der Waals surface area contributed by atoms with Crippen LogP contribution in [0.15, 0.2) is 23.1 Å². The molecule has 0 atom stereocenters. The van der Waals surface area contributed by atoms with E-state index < -0.39 is 14.9 Å². The minimum absolute atomic E-state index is 0.0516. The van der Waals surface area contributed by atoms with E-state index >= 15 is 0 Å². The molecule has 8 nitrogen and oxygen atoms in total. The molecule has 0 radical (unpaired) electrons. The summed E-state index contributed by atoms with van der Waals surface area (Å²) in [7, 11) is -3.84. The molecule has 0 bridgehead atoms. The molecule has 0 spiro atoms. The zero-order valence-electron chi connectivity index (χ0n) is 15.5. The maximum Gasteiger partial charge on any atom is 0.270 e. The molecule has 0 aliphatic carbocycles. The molecular weight excluding hydrogens is 358 g/mol. The number of benzene rings is 1. The number of nitrogens with zero attached hydrogens (tertiary/aromatic N) is 2. The highest BCUT2D eigenvalue weighted by Crippen LogP contribution is 2.28. The maximum atomic E-state index is 12.9. The minimum atomic E-state index is -3.84. The Morgan fingerprint density at radius 1 is 1.27 bits per heavy atom. The van der Waals surface area contributed by atoms with Crippen LogP contribution in [-0.4, -0.2) is 42.2 Å². The third kappa shape index (κ3) is 4.59. The fourth-order valence-electron chi connectivity index (χ4n) is 2.95. The molecule has 0 aromatic heterocycles. The van der Waals surface area contributed by atoms with Gasteiger partial charge >= 0.3 is 0 Å². The lowest BCUT2D eigenvalue weighted by molar-refractivity contribution is -0.385. The van der Waals surface area contributed by atoms with Gasteiger partial charge in [0.15, 0.2) is 0 Å². The van der Waals surface area contributed by atoms with E-state index in [0.717, 1.165) is 6.07 Å². The van der Waals surface area contributed by atoms with Crippen LogP contribution in [0.25, 0.3) is 0 Å². The Bertz CT molecular complexity index is 806. The topological polar surface area (TPSA) is 110 Å². The van der Waals surface area contributed by atoms with Gasteiger partial charge in [-0.05, 0) is 46.1 Å². The SMILES string of the molecule is Cc1ccc([N+](=O)[O-])cc1S(=O)(=O)N1CCC(C(=O)NC(C)(C)C)CC1. The zero-order valence-corrected chi connectivity index (χ0v) is 16.3. The number of piperidine rings is 1. The van der Waals surface area contributed by atoms with Gasteiger partial charge in [0.2, 0.25) is 15.9 Å². The second-order valence-electron chi connectivity index (χ2n) is 7.62. The van der Waals surface area contributed by atoms with Crippen LogP contribution in [0, 0.1) is 23.0 Å². The Labute approximate surface area is 153 Å². The molecule has 1 aliphatic rings. The van der Waals surface area contributed by atoms with Gasteiger partial charge in [-0.2, -0.15) is 4.31 Å². The van der Waals surface area contributed by atoms with Crippen LogP contribution >= 0.6 is 0 Å². The Morgan fingerprint density at radius 3 is 2.35 bits per heavy atom. The van der Waals surface area contributed by atoms with Crippen molar-refractivity contribution in [3.05, 3.63) is 33.9 Å². The molecule has 1 saturated heterocycles. The number of nitrogens with one attached hydrogen (secondary N) is 1. The Hall–Kier alpha value is -2.00. The lowest BCUT2D eigenvalue weighted by atomic mass is 9.96. The van der Waals surface area contributed by atoms with Crippen LogP contribution in [0.4, 0.5) is 5.69 Å². The smallest absolute Gasteiger partial charge is 0.270 e. The molecular formula is C17H25N3O5S. The normalized spacial score (nSPS) is 17.1. The standard InChI is InChI=1S/C17H25N3O5S/c1-12-5-6-14(20(22)23)11-15(12)26(24,25)19-9-7-13(8-10-19)16(21)18-17(2,3)4/h5-6,11,13H,7-10H2,1-4H3,(H,18,21). The first-order chi connectivity index (χ1) is 11.9. The van der Waals surface area contributed by atoms with Crippen LogP contribution < -0.4 is 5.32 Å². The van der Waals surface area contributed by atoms with Gasteiger partial charge in [-0.3, -0.25) is 14.9 Å². The average Bonchev–Trinajstić information content (AvgIpc) is 2.53. The number of hydrogen-bond donors (Lipinski definition) is 1. The average molecular weight is 383 g/mol. The number of carbonyl (C=O) groups excluding carboxylic acids is 1. The molecule has 1 N–H and O–H groups in total. The summed E-state index contributed by atoms with van der Waals surface area (Å²) in [6, 6.07) is 3.83. The Morgan fingerprint density at radius 2 is 1.85 bits per heavy atom. The van der Waals surface area contributed by atoms with Crippen molar-refractivity contribution in [2.45, 2.75) is 51.0 Å². The third-order valence-corrected chi connectivity index (χ3v) is 6.36. The number of nitro benzene ring substituents is 1. The van der Waals surface area contributed by atoms with E-state index in [4.69, 9.17) is 0 Å². The summed E-state index contributed by atoms with van der Waals surface area (Å²) in [4.78, 5) is 22.6. The van der Waals surface area contributed by atoms with Gasteiger partial charge in [0.1, 0.15) is 0 Å². The fourth-order valence-corrected chi connectivity index (χ4v) is 4.66. The van der Waals surface area contributed by atoms with Crippen LogP contribution in [0.5, 0.6) is 0 Å². The molecule has 1 amide bonds. The summed E-state index contributed by atoms with van der Waals surface area (Å²) in [6.07, 6.45) is 0.851. The summed E-state index contributed by atoms with van der Waals surface area (Å²) in [6.45, 7) is 7.74. The van der Waals surface area contributed by atoms with Crippen molar-refractivity contribution < 1.29 is 18.1 Å². The van der Waals surface area contributed by atoms with Gasteiger partial charge in [-0.25, -0.2) is 8.42 Å². The summed E-state index contributed by atoms with van der Waals surface area (Å²) in [5, 5.41) is 13.9. The minimum Gasteiger partial charge on any atom is -0.351 e. The Balaban J connectivity index is 2.15. The number of carbonyl (C=O) groups is 1. The monoisotopic (exact) mass is 383 g/mol. The molecule has 2 rings (SSSR count). The third-order valence-electron chi connectivity index (χ3n) is 4.32. The van der Waals surface area contributed by atoms with Crippen molar-refractivity contribution in [1.29, 1.82) is 0 Å². The van der Waals surface area contributed by atoms with Crippen LogP contribution in [0.2, 0.25) is 0 Å². The fraction of sp³-hybridized carbons (Fsp3) is 0.588. The first-order valence-corrected chi connectivity index (χ1v) is 9.93. The van der Waals surface area contributed by atoms with Crippen LogP contribution in [0.1, 0.15) is 39.2 Å². The lowest BCUT2D eigenvalue weighted by Crippen LogP contribution is -2.47. The number of non-ortho nitro benzene ring substituents is 1. The molecule has 9 heteroatoms. The van der Waals surface area contributed by atoms with Crippen molar-refractivity contribution in [2.75, 3.05) is 13.1 Å². The molecule has 1 aromatic rings. The van der Waals surface area contributed by atoms with Gasteiger partial charge in [-0.1, -0.05) is 6.07 Å². The van der Waals surface area contributed by atoms with E-state index in [0.29, 0.717) is 18.4 Å². The first kappa shape index (κ1) is 20.3. The van der Waals surface area contributed by atoms with Gasteiger partial charge in [0, 0.05) is 36.7 Å². The van der Waals surface area contributed by atoms with E-state index in [9.17, 15) is 23.3 Å². The largest absolute Gasteiger partial charge is 0.351 e. The molecule has 1 heterocycles. The molecule has 1 fully saturated rings. The molecule has 0 saturated carbocycles. The van der Waals surface area contributed by atoms with E-state index in [1.54, 1.807) is 6.92 Å². The van der Waals surface area contributed by atoms with Crippen molar-refractivity contribution >= 4 is 21.6 Å². The van der Waals surface area contributed by atoms with Crippen molar-refractivity contribution in [3.8, 4) is 0 Å². The van der Waals surface area contributed by atoms with Crippen LogP contribution in [-0.2, 0) is 14.8 Å². The molecule has 0 unspecified atom stereocenters. The van der Waals surface area contributed by atoms with Crippen molar-refractivity contribution in [1.82, 2.24) is 9.62 Å². The van der Waals surface area contributed by atoms with E-state index in [-0.39, 0.29) is 41.0 Å². The van der Waals surface area contributed by atoms with Gasteiger partial charge in [-0.15, -0.1) is 0 Å². The highest BCUT2D eigenvalue weighted by atomic mass is 32.2. The quantitative estimate of drug-likeness (QED) is 0.633. The molecule has 1 aromatic carbocycles. The molecule has 1 aliphatic heterocycles. The van der Waals surface area contributed by atoms with Crippen molar-refractivity contribution in [2.24, 2.45) is 5.92 Å². The predicted octanol–water partition coefficient (Wildman–Crippen LogP) is 2.22.